The van der Waals surface area contributed by atoms with Gasteiger partial charge in [0.1, 0.15) is 17.0 Å². The zero-order valence-electron chi connectivity index (χ0n) is 13.7. The molecule has 0 spiro atoms. The molecule has 0 bridgehead atoms. The molecule has 2 aromatic heterocycles. The van der Waals surface area contributed by atoms with Crippen LogP contribution in [0, 0.1) is 25.7 Å². The third-order valence-electron chi connectivity index (χ3n) is 5.31. The predicted octanol–water partition coefficient (Wildman–Crippen LogP) is 1.59. The number of carbonyl (C=O) groups excluding carboxylic acids is 1. The van der Waals surface area contributed by atoms with E-state index < -0.39 is 0 Å². The summed E-state index contributed by atoms with van der Waals surface area (Å²) in [5.74, 6) is 2.81. The maximum atomic E-state index is 11.6. The molecular formula is C16H21N5O2. The van der Waals surface area contributed by atoms with Crippen LogP contribution in [0.4, 0.5) is 5.82 Å². The van der Waals surface area contributed by atoms with Crippen molar-refractivity contribution in [2.24, 2.45) is 11.8 Å². The Balaban J connectivity index is 1.66. The summed E-state index contributed by atoms with van der Waals surface area (Å²) in [7, 11) is 2.07. The third kappa shape index (κ3) is 2.34. The number of aromatic nitrogens is 3. The topological polar surface area (TPSA) is 84.2 Å². The average Bonchev–Trinajstić information content (AvgIpc) is 3.09. The van der Waals surface area contributed by atoms with Gasteiger partial charge in [-0.3, -0.25) is 4.79 Å². The number of rotatable bonds is 2. The number of piperidine rings is 1. The van der Waals surface area contributed by atoms with E-state index in [1.807, 2.05) is 13.8 Å². The van der Waals surface area contributed by atoms with E-state index in [-0.39, 0.29) is 5.91 Å². The molecule has 1 amide bonds. The van der Waals surface area contributed by atoms with E-state index in [0.29, 0.717) is 35.8 Å². The number of hydrogen-bond acceptors (Lipinski definition) is 6. The largest absolute Gasteiger partial charge is 0.356 e. The lowest BCUT2D eigenvalue weighted by molar-refractivity contribution is -0.124. The minimum absolute atomic E-state index is 0.185. The van der Waals surface area contributed by atoms with E-state index in [0.717, 1.165) is 36.3 Å². The molecule has 2 aromatic rings. The van der Waals surface area contributed by atoms with E-state index in [2.05, 4.69) is 32.4 Å². The van der Waals surface area contributed by atoms with Gasteiger partial charge in [-0.1, -0.05) is 5.16 Å². The van der Waals surface area contributed by atoms with Crippen LogP contribution in [0.5, 0.6) is 0 Å². The van der Waals surface area contributed by atoms with E-state index in [1.165, 1.54) is 0 Å². The molecule has 3 atom stereocenters. The number of hydrogen-bond donors (Lipinski definition) is 1. The molecular weight excluding hydrogens is 294 g/mol. The van der Waals surface area contributed by atoms with Crippen LogP contribution in [0.1, 0.15) is 30.8 Å². The maximum absolute atomic E-state index is 11.6. The second kappa shape index (κ2) is 5.18. The van der Waals surface area contributed by atoms with Crippen molar-refractivity contribution in [2.45, 2.75) is 39.2 Å². The molecule has 3 heterocycles. The molecule has 0 radical (unpaired) electrons. The van der Waals surface area contributed by atoms with Crippen LogP contribution in [-0.4, -0.2) is 40.7 Å². The van der Waals surface area contributed by atoms with Crippen molar-refractivity contribution in [1.82, 2.24) is 20.4 Å². The Morgan fingerprint density at radius 1 is 1.22 bits per heavy atom. The highest BCUT2D eigenvalue weighted by molar-refractivity contribution is 5.88. The molecule has 1 N–H and O–H groups in total. The first-order chi connectivity index (χ1) is 11.0. The highest BCUT2D eigenvalue weighted by Gasteiger charge is 2.40. The highest BCUT2D eigenvalue weighted by atomic mass is 16.5. The predicted molar refractivity (Wildman–Crippen MR) is 85.1 cm³/mol. The van der Waals surface area contributed by atoms with Gasteiger partial charge in [0.25, 0.3) is 5.71 Å². The lowest BCUT2D eigenvalue weighted by Gasteiger charge is -2.26. The quantitative estimate of drug-likeness (QED) is 0.906. The zero-order chi connectivity index (χ0) is 16.1. The summed E-state index contributed by atoms with van der Waals surface area (Å²) < 4.78 is 5.31. The zero-order valence-corrected chi connectivity index (χ0v) is 13.7. The molecule has 7 heteroatoms. The molecule has 2 fully saturated rings. The van der Waals surface area contributed by atoms with E-state index >= 15 is 0 Å². The second-order valence-electron chi connectivity index (χ2n) is 6.81. The lowest BCUT2D eigenvalue weighted by Crippen LogP contribution is -2.38. The van der Waals surface area contributed by atoms with Gasteiger partial charge in [-0.15, -0.1) is 0 Å². The van der Waals surface area contributed by atoms with Crippen molar-refractivity contribution in [2.75, 3.05) is 18.5 Å². The monoisotopic (exact) mass is 315 g/mol. The molecule has 23 heavy (non-hydrogen) atoms. The van der Waals surface area contributed by atoms with Gasteiger partial charge in [0.15, 0.2) is 0 Å². The Morgan fingerprint density at radius 2 is 2.00 bits per heavy atom. The van der Waals surface area contributed by atoms with E-state index in [9.17, 15) is 4.79 Å². The van der Waals surface area contributed by atoms with Crippen LogP contribution in [0.15, 0.2) is 4.52 Å². The van der Waals surface area contributed by atoms with Crippen molar-refractivity contribution in [3.05, 3.63) is 11.5 Å². The number of aryl methyl sites for hydroxylation is 2. The summed E-state index contributed by atoms with van der Waals surface area (Å²) >= 11 is 0. The first-order valence-corrected chi connectivity index (χ1v) is 8.13. The molecule has 1 aliphatic carbocycles. The fourth-order valence-corrected chi connectivity index (χ4v) is 4.05. The van der Waals surface area contributed by atoms with Crippen LogP contribution in [0.3, 0.4) is 0 Å². The number of carbonyl (C=O) groups is 1. The Bertz CT molecular complexity index is 771. The highest BCUT2D eigenvalue weighted by Crippen LogP contribution is 2.40. The molecule has 1 saturated carbocycles. The molecule has 4 rings (SSSR count). The van der Waals surface area contributed by atoms with E-state index in [1.54, 1.807) is 0 Å². The minimum atomic E-state index is 0.185. The van der Waals surface area contributed by atoms with Gasteiger partial charge in [0.2, 0.25) is 5.91 Å². The summed E-state index contributed by atoms with van der Waals surface area (Å²) in [5, 5.41) is 7.91. The molecule has 0 aromatic carbocycles. The maximum Gasteiger partial charge on any atom is 0.263 e. The number of nitrogens with zero attached hydrogens (tertiary/aromatic N) is 4. The molecule has 7 nitrogen and oxygen atoms in total. The third-order valence-corrected chi connectivity index (χ3v) is 5.31. The van der Waals surface area contributed by atoms with Crippen LogP contribution in [0.25, 0.3) is 11.1 Å². The molecule has 1 aliphatic heterocycles. The smallest absolute Gasteiger partial charge is 0.263 e. The first kappa shape index (κ1) is 14.4. The number of amides is 1. The van der Waals surface area contributed by atoms with Gasteiger partial charge >= 0.3 is 0 Å². The molecule has 122 valence electrons. The summed E-state index contributed by atoms with van der Waals surface area (Å²) in [6.45, 7) is 4.59. The molecule has 2 aliphatic rings. The summed E-state index contributed by atoms with van der Waals surface area (Å²) in [6.07, 6.45) is 2.76. The van der Waals surface area contributed by atoms with Gasteiger partial charge in [-0.05, 0) is 38.5 Å². The van der Waals surface area contributed by atoms with Gasteiger partial charge in [-0.25, -0.2) is 4.98 Å². The van der Waals surface area contributed by atoms with Gasteiger partial charge in [0.05, 0.1) is 5.69 Å². The van der Waals surface area contributed by atoms with Crippen molar-refractivity contribution in [3.63, 3.8) is 0 Å². The standard InChI is InChI=1S/C16H21N5O2/c1-8-14-15(18-9(2)19-16(14)23-20-8)21(3)12-4-10-6-13(22)17-7-11(10)5-12/h10-12H,4-7H2,1-3H3,(H,17,22)/t10-,11+,12-/m0/s1. The SMILES string of the molecule is Cc1nc(N(C)[C@H]2C[C@H]3CC(=O)NC[C@H]3C2)c2c(C)noc2n1. The summed E-state index contributed by atoms with van der Waals surface area (Å²) in [4.78, 5) is 22.8. The lowest BCUT2D eigenvalue weighted by atomic mass is 9.89. The number of nitrogens with one attached hydrogen (secondary N) is 1. The van der Waals surface area contributed by atoms with Gasteiger partial charge in [0, 0.05) is 26.1 Å². The molecule has 0 unspecified atom stereocenters. The Kier molecular flexibility index (Phi) is 3.25. The number of fused-ring (bicyclic) bond motifs is 2. The van der Waals surface area contributed by atoms with Crippen LogP contribution in [-0.2, 0) is 4.79 Å². The normalized spacial score (nSPS) is 27.1. The molecule has 1 saturated heterocycles. The van der Waals surface area contributed by atoms with Crippen molar-refractivity contribution < 1.29 is 9.32 Å². The van der Waals surface area contributed by atoms with Crippen LogP contribution < -0.4 is 10.2 Å². The Morgan fingerprint density at radius 3 is 2.83 bits per heavy atom. The van der Waals surface area contributed by atoms with Crippen LogP contribution in [0.2, 0.25) is 0 Å². The summed E-state index contributed by atoms with van der Waals surface area (Å²) in [6, 6.07) is 0.379. The fraction of sp³-hybridized carbons (Fsp3) is 0.625. The van der Waals surface area contributed by atoms with Gasteiger partial charge < -0.3 is 14.7 Å². The van der Waals surface area contributed by atoms with Crippen molar-refractivity contribution >= 4 is 22.8 Å². The van der Waals surface area contributed by atoms with E-state index in [4.69, 9.17) is 4.52 Å². The average molecular weight is 315 g/mol. The van der Waals surface area contributed by atoms with Crippen molar-refractivity contribution in [3.8, 4) is 0 Å². The number of anilines is 1. The van der Waals surface area contributed by atoms with Crippen LogP contribution >= 0.6 is 0 Å². The fourth-order valence-electron chi connectivity index (χ4n) is 4.05. The Labute approximate surface area is 134 Å². The minimum Gasteiger partial charge on any atom is -0.356 e. The second-order valence-corrected chi connectivity index (χ2v) is 6.81. The van der Waals surface area contributed by atoms with Gasteiger partial charge in [-0.2, -0.15) is 4.98 Å². The first-order valence-electron chi connectivity index (χ1n) is 8.13. The van der Waals surface area contributed by atoms with Crippen molar-refractivity contribution in [1.29, 1.82) is 0 Å². The Hall–Kier alpha value is -2.18. The summed E-state index contributed by atoms with van der Waals surface area (Å²) in [5.41, 5.74) is 1.36.